The van der Waals surface area contributed by atoms with Crippen molar-refractivity contribution < 1.29 is 28.9 Å². The van der Waals surface area contributed by atoms with E-state index in [1.165, 1.54) is 49.3 Å². The smallest absolute Gasteiger partial charge is 0.306 e. The van der Waals surface area contributed by atoms with Gasteiger partial charge in [-0.1, -0.05) is 11.6 Å². The molecule has 3 aromatic heterocycles. The molecule has 13 nitrogen and oxygen atoms in total. The summed E-state index contributed by atoms with van der Waals surface area (Å²) in [5, 5.41) is 29.6. The van der Waals surface area contributed by atoms with Gasteiger partial charge in [0.2, 0.25) is 11.9 Å². The number of carbonyl (C=O) groups excluding carboxylic acids is 1. The average molecular weight is 628 g/mol. The van der Waals surface area contributed by atoms with Crippen LogP contribution in [0.25, 0.3) is 16.8 Å². The van der Waals surface area contributed by atoms with Gasteiger partial charge in [-0.3, -0.25) is 19.0 Å². The van der Waals surface area contributed by atoms with E-state index in [0.29, 0.717) is 48.5 Å². The number of aliphatic hydroxyl groups is 1. The van der Waals surface area contributed by atoms with E-state index in [-0.39, 0.29) is 28.2 Å². The number of halogens is 2. The number of benzene rings is 1. The second-order valence-electron chi connectivity index (χ2n) is 10.7. The van der Waals surface area contributed by atoms with Crippen LogP contribution < -0.4 is 20.9 Å². The minimum absolute atomic E-state index is 0.0163. The van der Waals surface area contributed by atoms with Crippen molar-refractivity contribution in [2.45, 2.75) is 50.7 Å². The number of nitrogens with zero attached hydrogens (tertiary/aromatic N) is 5. The Morgan fingerprint density at radius 3 is 2.64 bits per heavy atom. The molecule has 1 aromatic carbocycles. The Morgan fingerprint density at radius 2 is 1.95 bits per heavy atom. The fourth-order valence-electron chi connectivity index (χ4n) is 5.27. The Labute approximate surface area is 255 Å². The van der Waals surface area contributed by atoms with Crippen molar-refractivity contribution in [2.24, 2.45) is 5.92 Å². The number of anilines is 1. The predicted octanol–water partition coefficient (Wildman–Crippen LogP) is 3.22. The number of rotatable bonds is 10. The van der Waals surface area contributed by atoms with Crippen LogP contribution in [-0.2, 0) is 9.59 Å². The van der Waals surface area contributed by atoms with Gasteiger partial charge in [-0.25, -0.2) is 18.9 Å². The van der Waals surface area contributed by atoms with Crippen LogP contribution in [0.5, 0.6) is 5.75 Å². The number of hydrogen-bond donors (Lipinski definition) is 4. The predicted molar refractivity (Wildman–Crippen MR) is 158 cm³/mol. The largest absolute Gasteiger partial charge is 0.497 e. The van der Waals surface area contributed by atoms with Gasteiger partial charge in [-0.15, -0.1) is 0 Å². The monoisotopic (exact) mass is 627 g/mol. The van der Waals surface area contributed by atoms with Crippen molar-refractivity contribution >= 4 is 34.9 Å². The van der Waals surface area contributed by atoms with Crippen LogP contribution in [0.15, 0.2) is 47.8 Å². The quantitative estimate of drug-likeness (QED) is 0.204. The second kappa shape index (κ2) is 13.0. The van der Waals surface area contributed by atoms with Crippen LogP contribution in [0.1, 0.15) is 50.3 Å². The highest BCUT2D eigenvalue weighted by Gasteiger charge is 2.27. The molecule has 44 heavy (non-hydrogen) atoms. The maximum absolute atomic E-state index is 14.0. The third-order valence-electron chi connectivity index (χ3n) is 7.81. The minimum Gasteiger partial charge on any atom is -0.497 e. The molecule has 5 rings (SSSR count). The fraction of sp³-hybridized carbons (Fsp3) is 0.379. The van der Waals surface area contributed by atoms with Crippen LogP contribution in [0.3, 0.4) is 0 Å². The highest BCUT2D eigenvalue weighted by Crippen LogP contribution is 2.30. The maximum atomic E-state index is 14.0. The first-order valence-corrected chi connectivity index (χ1v) is 14.3. The number of hydrogen-bond acceptors (Lipinski definition) is 9. The van der Waals surface area contributed by atoms with Crippen molar-refractivity contribution in [2.75, 3.05) is 19.0 Å². The molecule has 3 heterocycles. The first-order valence-electron chi connectivity index (χ1n) is 14.0. The van der Waals surface area contributed by atoms with Crippen LogP contribution in [0.4, 0.5) is 10.3 Å². The molecule has 1 amide bonds. The van der Waals surface area contributed by atoms with Crippen LogP contribution in [0.2, 0.25) is 5.02 Å². The van der Waals surface area contributed by atoms with Crippen molar-refractivity contribution in [1.29, 1.82) is 0 Å². The molecule has 0 radical (unpaired) electrons. The Kier molecular flexibility index (Phi) is 9.11. The van der Waals surface area contributed by atoms with Crippen LogP contribution >= 0.6 is 11.6 Å². The summed E-state index contributed by atoms with van der Waals surface area (Å²) < 4.78 is 21.6. The Balaban J connectivity index is 1.35. The van der Waals surface area contributed by atoms with Crippen molar-refractivity contribution in [3.05, 3.63) is 69.7 Å². The third-order valence-corrected chi connectivity index (χ3v) is 8.09. The summed E-state index contributed by atoms with van der Waals surface area (Å²) >= 11 is 6.42. The summed E-state index contributed by atoms with van der Waals surface area (Å²) in [6.07, 6.45) is 6.71. The zero-order valence-electron chi connectivity index (χ0n) is 23.9. The molecule has 1 saturated carbocycles. The topological polar surface area (TPSA) is 173 Å². The van der Waals surface area contributed by atoms with Gasteiger partial charge in [0.15, 0.2) is 0 Å². The zero-order valence-corrected chi connectivity index (χ0v) is 24.7. The first-order chi connectivity index (χ1) is 21.1. The number of carbonyl (C=O) groups is 2. The number of fused-ring (bicyclic) bond motifs is 1. The second-order valence-corrected chi connectivity index (χ2v) is 11.1. The van der Waals surface area contributed by atoms with Crippen LogP contribution in [-0.4, -0.2) is 66.0 Å². The molecule has 0 spiro atoms. The Hall–Kier alpha value is -4.56. The van der Waals surface area contributed by atoms with E-state index in [4.69, 9.17) is 16.3 Å². The molecule has 232 valence electrons. The lowest BCUT2D eigenvalue weighted by atomic mass is 9.86. The first kappa shape index (κ1) is 30.9. The van der Waals surface area contributed by atoms with Gasteiger partial charge in [0, 0.05) is 23.9 Å². The normalized spacial score (nSPS) is 18.0. The Morgan fingerprint density at radius 1 is 1.20 bits per heavy atom. The summed E-state index contributed by atoms with van der Waals surface area (Å²) in [7, 11) is 1.38. The van der Waals surface area contributed by atoms with Gasteiger partial charge in [-0.2, -0.15) is 5.10 Å². The molecule has 4 N–H and O–H groups in total. The van der Waals surface area contributed by atoms with Gasteiger partial charge in [0.05, 0.1) is 42.6 Å². The summed E-state index contributed by atoms with van der Waals surface area (Å²) in [4.78, 5) is 46.6. The van der Waals surface area contributed by atoms with E-state index < -0.39 is 41.9 Å². The number of carboxylic acid groups (broad SMARTS) is 1. The lowest BCUT2D eigenvalue weighted by Gasteiger charge is -2.26. The molecule has 4 aromatic rings. The fourth-order valence-corrected chi connectivity index (χ4v) is 5.47. The molecular weight excluding hydrogens is 597 g/mol. The molecule has 0 saturated heterocycles. The summed E-state index contributed by atoms with van der Waals surface area (Å²) in [5.41, 5.74) is 0.801. The molecule has 1 fully saturated rings. The average Bonchev–Trinajstić information content (AvgIpc) is 3.45. The summed E-state index contributed by atoms with van der Waals surface area (Å²) in [6, 6.07) is 3.45. The number of amides is 1. The number of ether oxygens (including phenoxy) is 1. The van der Waals surface area contributed by atoms with E-state index >= 15 is 0 Å². The Bertz CT molecular complexity index is 1750. The third kappa shape index (κ3) is 6.50. The molecule has 0 bridgehead atoms. The standard InChI is InChI=1S/C29H31ClFN7O6/c1-15(26(40)35-23(13-39)17-7-19(31)10-21(8-17)44-2)37-14-33-38-12-18(9-24(38)27(37)41)25-22(30)11-32-29(36-25)34-20-5-3-16(4-6-20)28(42)43/h7-12,14-16,20,23,39H,3-6,13H2,1-2H3,(H,35,40)(H,42,43)(H,32,34,36). The van der Waals surface area contributed by atoms with E-state index in [2.05, 4.69) is 25.7 Å². The van der Waals surface area contributed by atoms with E-state index in [0.717, 1.165) is 4.57 Å². The van der Waals surface area contributed by atoms with Gasteiger partial charge < -0.3 is 25.6 Å². The molecule has 2 unspecified atom stereocenters. The molecule has 1 aliphatic carbocycles. The lowest BCUT2D eigenvalue weighted by molar-refractivity contribution is -0.142. The van der Waals surface area contributed by atoms with E-state index in [9.17, 15) is 29.0 Å². The molecular formula is C29H31ClFN7O6. The highest BCUT2D eigenvalue weighted by molar-refractivity contribution is 6.32. The summed E-state index contributed by atoms with van der Waals surface area (Å²) in [5.74, 6) is -1.77. The van der Waals surface area contributed by atoms with E-state index in [1.54, 1.807) is 12.3 Å². The van der Waals surface area contributed by atoms with Gasteiger partial charge >= 0.3 is 5.97 Å². The van der Waals surface area contributed by atoms with Gasteiger partial charge in [0.1, 0.15) is 29.5 Å². The van der Waals surface area contributed by atoms with Crippen molar-refractivity contribution in [3.63, 3.8) is 0 Å². The summed E-state index contributed by atoms with van der Waals surface area (Å²) in [6.45, 7) is 0.988. The van der Waals surface area contributed by atoms with Crippen molar-refractivity contribution in [1.82, 2.24) is 29.5 Å². The minimum atomic E-state index is -1.03. The molecule has 0 aliphatic heterocycles. The van der Waals surface area contributed by atoms with E-state index in [1.807, 2.05) is 0 Å². The molecule has 15 heteroatoms. The number of aromatic nitrogens is 5. The number of methoxy groups -OCH3 is 1. The SMILES string of the molecule is COc1cc(F)cc(C(CO)NC(=O)C(C)n2cnn3cc(-c4nc(NC5CCC(C(=O)O)CC5)ncc4Cl)cc3c2=O)c1. The number of aliphatic hydroxyl groups excluding tert-OH is 1. The number of nitrogens with one attached hydrogen (secondary N) is 2. The van der Waals surface area contributed by atoms with Crippen molar-refractivity contribution in [3.8, 4) is 17.0 Å². The van der Waals surface area contributed by atoms with Gasteiger partial charge in [0.25, 0.3) is 5.56 Å². The molecule has 2 atom stereocenters. The zero-order chi connectivity index (χ0) is 31.5. The molecule has 1 aliphatic rings. The lowest BCUT2D eigenvalue weighted by Crippen LogP contribution is -2.39. The number of carboxylic acids is 1. The highest BCUT2D eigenvalue weighted by atomic mass is 35.5. The maximum Gasteiger partial charge on any atom is 0.306 e. The van der Waals surface area contributed by atoms with Crippen LogP contribution in [0, 0.1) is 11.7 Å². The number of aliphatic carboxylic acids is 1. The van der Waals surface area contributed by atoms with Gasteiger partial charge in [-0.05, 0) is 56.4 Å².